The van der Waals surface area contributed by atoms with Crippen molar-refractivity contribution in [1.29, 1.82) is 0 Å². The Balaban J connectivity index is 1.33. The average Bonchev–Trinajstić information content (AvgIpc) is 3.46. The highest BCUT2D eigenvalue weighted by molar-refractivity contribution is 8.00. The molecule has 2 unspecified atom stereocenters. The van der Waals surface area contributed by atoms with E-state index in [2.05, 4.69) is 15.5 Å². The first-order valence-electron chi connectivity index (χ1n) is 12.4. The summed E-state index contributed by atoms with van der Waals surface area (Å²) >= 11 is 8.98. The molecule has 1 aromatic carbocycles. The fourth-order valence-electron chi connectivity index (χ4n) is 3.92. The predicted octanol–water partition coefficient (Wildman–Crippen LogP) is 2.23. The zero-order valence-corrected chi connectivity index (χ0v) is 25.0. The Morgan fingerprint density at radius 2 is 2.00 bits per heavy atom. The first kappa shape index (κ1) is 31.2. The van der Waals surface area contributed by atoms with Crippen LogP contribution in [0.5, 0.6) is 0 Å². The standard InChI is InChI=1S/C25H26ClN5O9S2/c1-24(2,3)40-17(32)9-39-29-18(16-10-41-13-27-16)20(33)28-19-21(34)30-11-25(26,12-42-22(19)30)23(35)38-8-14-4-6-15(7-5-14)31(36)37/h4-7,10,13,19,22H,8-9,11-12H2,1-3H3,(H,28,33)/t19?,22-,25?/m1/s1. The Morgan fingerprint density at radius 3 is 2.62 bits per heavy atom. The molecule has 0 radical (unpaired) electrons. The van der Waals surface area contributed by atoms with Crippen molar-refractivity contribution >= 4 is 69.9 Å². The van der Waals surface area contributed by atoms with Crippen LogP contribution >= 0.6 is 34.7 Å². The van der Waals surface area contributed by atoms with E-state index >= 15 is 0 Å². The van der Waals surface area contributed by atoms with Gasteiger partial charge in [0.25, 0.3) is 11.6 Å². The van der Waals surface area contributed by atoms with Gasteiger partial charge in [0.2, 0.25) is 12.5 Å². The summed E-state index contributed by atoms with van der Waals surface area (Å²) in [7, 11) is 0. The number of nitrogens with one attached hydrogen (secondary N) is 1. The van der Waals surface area contributed by atoms with E-state index in [1.165, 1.54) is 57.8 Å². The number of alkyl halides is 1. The number of rotatable bonds is 10. The lowest BCUT2D eigenvalue weighted by atomic mass is 10.0. The number of non-ortho nitro benzene ring substituents is 1. The van der Waals surface area contributed by atoms with E-state index in [4.69, 9.17) is 25.9 Å². The van der Waals surface area contributed by atoms with Crippen LogP contribution in [0.25, 0.3) is 0 Å². The summed E-state index contributed by atoms with van der Waals surface area (Å²) in [5.41, 5.74) is 1.17. The van der Waals surface area contributed by atoms with Crippen LogP contribution in [0.15, 0.2) is 40.3 Å². The number of fused-ring (bicyclic) bond motifs is 1. The molecule has 4 rings (SSSR count). The van der Waals surface area contributed by atoms with Crippen LogP contribution in [-0.2, 0) is 40.1 Å². The lowest BCUT2D eigenvalue weighted by Crippen LogP contribution is -2.74. The number of nitro groups is 1. The van der Waals surface area contributed by atoms with Crippen LogP contribution in [0.2, 0.25) is 0 Å². The van der Waals surface area contributed by atoms with E-state index < -0.39 is 57.2 Å². The minimum Gasteiger partial charge on any atom is -0.459 e. The number of esters is 2. The molecule has 1 aromatic heterocycles. The summed E-state index contributed by atoms with van der Waals surface area (Å²) < 4.78 is 10.5. The van der Waals surface area contributed by atoms with Crippen LogP contribution in [0.4, 0.5) is 5.69 Å². The zero-order valence-electron chi connectivity index (χ0n) is 22.6. The van der Waals surface area contributed by atoms with Crippen molar-refractivity contribution in [3.63, 3.8) is 0 Å². The van der Waals surface area contributed by atoms with Crippen LogP contribution < -0.4 is 5.32 Å². The fourth-order valence-corrected chi connectivity index (χ4v) is 6.21. The molecule has 2 aromatic rings. The van der Waals surface area contributed by atoms with Crippen LogP contribution in [0, 0.1) is 10.1 Å². The van der Waals surface area contributed by atoms with Gasteiger partial charge in [0.15, 0.2) is 10.6 Å². The minimum absolute atomic E-state index is 0.0927. The number of carbonyl (C=O) groups excluding carboxylic acids is 4. The summed E-state index contributed by atoms with van der Waals surface area (Å²) in [6.45, 7) is 4.27. The highest BCUT2D eigenvalue weighted by Gasteiger charge is 2.57. The molecule has 0 saturated carbocycles. The molecule has 0 bridgehead atoms. The number of thiazole rings is 1. The summed E-state index contributed by atoms with van der Waals surface area (Å²) in [6, 6.07) is 4.61. The number of nitrogens with zero attached hydrogens (tertiary/aromatic N) is 4. The molecule has 3 atom stereocenters. The van der Waals surface area contributed by atoms with Gasteiger partial charge in [0.05, 0.1) is 17.0 Å². The number of amides is 2. The van der Waals surface area contributed by atoms with Crippen LogP contribution in [-0.4, -0.2) is 85.1 Å². The molecule has 2 amide bonds. The Bertz CT molecular complexity index is 1400. The van der Waals surface area contributed by atoms with Crippen molar-refractivity contribution in [2.45, 2.75) is 49.3 Å². The second-order valence-electron chi connectivity index (χ2n) is 10.3. The first-order chi connectivity index (χ1) is 19.8. The number of hydrogen-bond donors (Lipinski definition) is 1. The third-order valence-corrected chi connectivity index (χ3v) is 8.54. The van der Waals surface area contributed by atoms with Gasteiger partial charge in [-0.2, -0.15) is 0 Å². The Morgan fingerprint density at radius 1 is 1.29 bits per heavy atom. The predicted molar refractivity (Wildman–Crippen MR) is 152 cm³/mol. The molecule has 14 nitrogen and oxygen atoms in total. The van der Waals surface area contributed by atoms with Gasteiger partial charge >= 0.3 is 11.9 Å². The Hall–Kier alpha value is -3.76. The highest BCUT2D eigenvalue weighted by atomic mass is 35.5. The van der Waals surface area contributed by atoms with Gasteiger partial charge in [-0.3, -0.25) is 24.5 Å². The van der Waals surface area contributed by atoms with Gasteiger partial charge in [-0.15, -0.1) is 34.7 Å². The normalized spacial score (nSPS) is 22.0. The third kappa shape index (κ3) is 7.35. The third-order valence-electron chi connectivity index (χ3n) is 5.86. The molecule has 2 aliphatic rings. The summed E-state index contributed by atoms with van der Waals surface area (Å²) in [6.07, 6.45) is 0. The van der Waals surface area contributed by atoms with Gasteiger partial charge in [-0.25, -0.2) is 9.78 Å². The molecule has 0 aliphatic carbocycles. The van der Waals surface area contributed by atoms with Crippen LogP contribution in [0.1, 0.15) is 32.0 Å². The van der Waals surface area contributed by atoms with Crippen molar-refractivity contribution < 1.29 is 38.4 Å². The van der Waals surface area contributed by atoms with E-state index in [1.807, 2.05) is 0 Å². The molecule has 2 fully saturated rings. The van der Waals surface area contributed by atoms with E-state index in [0.717, 1.165) is 0 Å². The number of halogens is 1. The summed E-state index contributed by atoms with van der Waals surface area (Å²) in [4.78, 5) is 70.0. The smallest absolute Gasteiger partial charge is 0.347 e. The molecule has 224 valence electrons. The topological polar surface area (TPSA) is 180 Å². The maximum atomic E-state index is 13.1. The largest absolute Gasteiger partial charge is 0.459 e. The molecule has 1 N–H and O–H groups in total. The van der Waals surface area contributed by atoms with E-state index in [1.54, 1.807) is 26.2 Å². The van der Waals surface area contributed by atoms with Gasteiger partial charge < -0.3 is 24.5 Å². The maximum Gasteiger partial charge on any atom is 0.347 e. The Labute approximate surface area is 252 Å². The summed E-state index contributed by atoms with van der Waals surface area (Å²) in [5.74, 6) is -2.52. The fraction of sp³-hybridized carbons (Fsp3) is 0.440. The number of thioether (sulfide) groups is 1. The number of carbonyl (C=O) groups is 4. The molecule has 2 saturated heterocycles. The summed E-state index contributed by atoms with van der Waals surface area (Å²) in [5, 5.41) is 18.3. The highest BCUT2D eigenvalue weighted by Crippen LogP contribution is 2.41. The molecule has 3 heterocycles. The molecule has 17 heteroatoms. The van der Waals surface area contributed by atoms with E-state index in [9.17, 15) is 29.3 Å². The lowest BCUT2D eigenvalue weighted by molar-refractivity contribution is -0.384. The zero-order chi connectivity index (χ0) is 30.7. The van der Waals surface area contributed by atoms with Crippen molar-refractivity contribution in [2.24, 2.45) is 5.16 Å². The van der Waals surface area contributed by atoms with Crippen molar-refractivity contribution in [2.75, 3.05) is 18.9 Å². The van der Waals surface area contributed by atoms with Crippen molar-refractivity contribution in [3.8, 4) is 0 Å². The number of oxime groups is 1. The number of β-lactam (4-membered cyclic amide) rings is 1. The number of ether oxygens (including phenoxy) is 2. The van der Waals surface area contributed by atoms with Gasteiger partial charge in [0, 0.05) is 23.3 Å². The number of aromatic nitrogens is 1. The van der Waals surface area contributed by atoms with Gasteiger partial charge in [-0.05, 0) is 38.5 Å². The lowest BCUT2D eigenvalue weighted by Gasteiger charge is -2.52. The quantitative estimate of drug-likeness (QED) is 0.101. The molecular formula is C25H26ClN5O9S2. The van der Waals surface area contributed by atoms with Crippen molar-refractivity contribution in [1.82, 2.24) is 15.2 Å². The maximum absolute atomic E-state index is 13.1. The SMILES string of the molecule is CC(C)(C)OC(=O)CON=C(C(=O)NC1C(=O)N2CC(Cl)(C(=O)OCc3ccc([N+](=O)[O-])cc3)CS[C@H]12)c1cscn1. The Kier molecular flexibility index (Phi) is 9.37. The van der Waals surface area contributed by atoms with Gasteiger partial charge in [-0.1, -0.05) is 5.16 Å². The second-order valence-corrected chi connectivity index (χ2v) is 12.8. The number of hydrogen-bond acceptors (Lipinski definition) is 13. The minimum atomic E-state index is -1.52. The number of nitro benzene ring substituents is 1. The molecular weight excluding hydrogens is 614 g/mol. The monoisotopic (exact) mass is 639 g/mol. The molecule has 0 spiro atoms. The number of benzene rings is 1. The van der Waals surface area contributed by atoms with E-state index in [-0.39, 0.29) is 36.0 Å². The second kappa shape index (κ2) is 12.6. The molecule has 42 heavy (non-hydrogen) atoms. The molecule has 2 aliphatic heterocycles. The van der Waals surface area contributed by atoms with Gasteiger partial charge in [0.1, 0.15) is 29.3 Å². The van der Waals surface area contributed by atoms with E-state index in [0.29, 0.717) is 5.56 Å². The first-order valence-corrected chi connectivity index (χ1v) is 14.8. The van der Waals surface area contributed by atoms with Crippen molar-refractivity contribution in [3.05, 3.63) is 56.5 Å². The average molecular weight is 640 g/mol. The van der Waals surface area contributed by atoms with Crippen LogP contribution in [0.3, 0.4) is 0 Å².